The van der Waals surface area contributed by atoms with Crippen molar-refractivity contribution < 1.29 is 14.2 Å². The summed E-state index contributed by atoms with van der Waals surface area (Å²) in [5.74, 6) is 3.84. The third kappa shape index (κ3) is 5.92. The van der Waals surface area contributed by atoms with E-state index >= 15 is 0 Å². The van der Waals surface area contributed by atoms with Gasteiger partial charge >= 0.3 is 0 Å². The molecular weight excluding hydrogens is 504 g/mol. The molecule has 0 spiro atoms. The van der Waals surface area contributed by atoms with E-state index < -0.39 is 0 Å². The maximum atomic E-state index is 6.45. The summed E-state index contributed by atoms with van der Waals surface area (Å²) in [6.07, 6.45) is 5.25. The maximum Gasteiger partial charge on any atom is 0.213 e. The van der Waals surface area contributed by atoms with Crippen molar-refractivity contribution in [3.8, 4) is 34.6 Å². The molecule has 0 fully saturated rings. The van der Waals surface area contributed by atoms with Crippen molar-refractivity contribution in [1.82, 2.24) is 29.2 Å². The summed E-state index contributed by atoms with van der Waals surface area (Å²) >= 11 is 1.36. The molecule has 5 N–H and O–H groups in total. The fraction of sp³-hybridized carbons (Fsp3) is 0.231. The zero-order chi connectivity index (χ0) is 27.1. The van der Waals surface area contributed by atoms with Crippen molar-refractivity contribution in [3.63, 3.8) is 0 Å². The molecular formula is C26H30N8O3S. The van der Waals surface area contributed by atoms with Crippen molar-refractivity contribution >= 4 is 23.8 Å². The minimum Gasteiger partial charge on any atom is -0.494 e. The van der Waals surface area contributed by atoms with Crippen LogP contribution in [0.1, 0.15) is 24.0 Å². The molecule has 12 heteroatoms. The van der Waals surface area contributed by atoms with Gasteiger partial charge in [-0.05, 0) is 49.6 Å². The Balaban J connectivity index is 1.78. The number of aromatic nitrogens is 5. The van der Waals surface area contributed by atoms with Crippen molar-refractivity contribution in [2.45, 2.75) is 19.6 Å². The Morgan fingerprint density at radius 1 is 1.05 bits per heavy atom. The Bertz CT molecular complexity index is 1400. The highest BCUT2D eigenvalue weighted by atomic mass is 32.2. The Hall–Kier alpha value is -4.45. The molecule has 11 nitrogen and oxygen atoms in total. The Morgan fingerprint density at radius 2 is 1.74 bits per heavy atom. The summed E-state index contributed by atoms with van der Waals surface area (Å²) in [6.45, 7) is 4.32. The van der Waals surface area contributed by atoms with Gasteiger partial charge < -0.3 is 30.4 Å². The number of pyridine rings is 1. The number of rotatable bonds is 11. The lowest BCUT2D eigenvalue weighted by Crippen LogP contribution is -2.14. The molecule has 4 rings (SSSR count). The van der Waals surface area contributed by atoms with Gasteiger partial charge in [0, 0.05) is 24.5 Å². The summed E-state index contributed by atoms with van der Waals surface area (Å²) in [5.41, 5.74) is 15.5. The summed E-state index contributed by atoms with van der Waals surface area (Å²) in [5, 5.41) is 0. The summed E-state index contributed by atoms with van der Waals surface area (Å²) in [4.78, 5) is 17.9. The van der Waals surface area contributed by atoms with Gasteiger partial charge in [-0.15, -0.1) is 0 Å². The second-order valence-electron chi connectivity index (χ2n) is 8.01. The van der Waals surface area contributed by atoms with Crippen molar-refractivity contribution in [3.05, 3.63) is 71.7 Å². The normalized spacial score (nSPS) is 11.3. The molecule has 3 aromatic heterocycles. The third-order valence-corrected chi connectivity index (χ3v) is 6.11. The molecule has 0 aliphatic heterocycles. The standard InChI is InChI=1S/C26H30N8O3S/c1-5-37-23-11-6-8-17(31-23)26-32-25(28)18(34(26)24-19(35-3)9-7-10-20(24)36-4)12-21(27)33-38-15-22-29-13-16(2)14-30-22/h6-14,33H,5,15,27-28H2,1-4H3/b21-12+. The number of nitrogen functional groups attached to an aromatic ring is 1. The molecule has 38 heavy (non-hydrogen) atoms. The van der Waals surface area contributed by atoms with E-state index in [1.54, 1.807) is 38.8 Å². The SMILES string of the molecule is CCOc1cccc(-c2nc(N)c(/C=C(\N)NSCc3ncc(C)cn3)n2-c2c(OC)cccc2OC)n1. The predicted octanol–water partition coefficient (Wildman–Crippen LogP) is 3.73. The van der Waals surface area contributed by atoms with E-state index in [2.05, 4.69) is 24.7 Å². The number of anilines is 1. The van der Waals surface area contributed by atoms with Gasteiger partial charge in [-0.1, -0.05) is 12.1 Å². The number of imidazole rings is 1. The molecule has 0 bridgehead atoms. The number of hydrogen-bond donors (Lipinski definition) is 3. The van der Waals surface area contributed by atoms with Gasteiger partial charge in [0.15, 0.2) is 11.6 Å². The molecule has 0 unspecified atom stereocenters. The Morgan fingerprint density at radius 3 is 2.39 bits per heavy atom. The highest BCUT2D eigenvalue weighted by Gasteiger charge is 2.24. The maximum absolute atomic E-state index is 6.45. The fourth-order valence-corrected chi connectivity index (χ4v) is 4.24. The minimum atomic E-state index is 0.244. The topological polar surface area (TPSA) is 148 Å². The van der Waals surface area contributed by atoms with Crippen LogP contribution < -0.4 is 30.4 Å². The van der Waals surface area contributed by atoms with Crippen LogP contribution in [-0.4, -0.2) is 45.3 Å². The summed E-state index contributed by atoms with van der Waals surface area (Å²) in [7, 11) is 3.17. The van der Waals surface area contributed by atoms with Crippen molar-refractivity contribution in [2.75, 3.05) is 26.6 Å². The number of methoxy groups -OCH3 is 2. The monoisotopic (exact) mass is 534 g/mol. The van der Waals surface area contributed by atoms with Gasteiger partial charge in [-0.2, -0.15) is 0 Å². The van der Waals surface area contributed by atoms with Crippen LogP contribution in [-0.2, 0) is 5.75 Å². The van der Waals surface area contributed by atoms with E-state index in [1.165, 1.54) is 11.9 Å². The van der Waals surface area contributed by atoms with Crippen molar-refractivity contribution in [1.29, 1.82) is 0 Å². The Labute approximate surface area is 225 Å². The molecule has 3 heterocycles. The number of ether oxygens (including phenoxy) is 3. The number of nitrogens with two attached hydrogens (primary N) is 2. The smallest absolute Gasteiger partial charge is 0.213 e. The van der Waals surface area contributed by atoms with Crippen LogP contribution >= 0.6 is 11.9 Å². The number of benzene rings is 1. The van der Waals surface area contributed by atoms with E-state index in [1.807, 2.05) is 48.7 Å². The first-order valence-corrected chi connectivity index (χ1v) is 12.8. The van der Waals surface area contributed by atoms with Crippen molar-refractivity contribution in [2.24, 2.45) is 5.73 Å². The van der Waals surface area contributed by atoms with Gasteiger partial charge in [0.05, 0.1) is 32.3 Å². The number of aryl methyl sites for hydroxylation is 1. The van der Waals surface area contributed by atoms with Crippen LogP contribution in [0.2, 0.25) is 0 Å². The quantitative estimate of drug-likeness (QED) is 0.242. The van der Waals surface area contributed by atoms with Crippen LogP contribution in [0.25, 0.3) is 23.3 Å². The average molecular weight is 535 g/mol. The van der Waals surface area contributed by atoms with E-state index in [4.69, 9.17) is 25.7 Å². The van der Waals surface area contributed by atoms with Crippen LogP contribution in [0, 0.1) is 6.92 Å². The molecule has 0 radical (unpaired) electrons. The third-order valence-electron chi connectivity index (χ3n) is 5.33. The van der Waals surface area contributed by atoms with Gasteiger partial charge in [0.2, 0.25) is 5.88 Å². The van der Waals surface area contributed by atoms with E-state index in [0.29, 0.717) is 64.3 Å². The lowest BCUT2D eigenvalue weighted by atomic mass is 10.2. The highest BCUT2D eigenvalue weighted by Crippen LogP contribution is 2.38. The predicted molar refractivity (Wildman–Crippen MR) is 149 cm³/mol. The minimum absolute atomic E-state index is 0.244. The van der Waals surface area contributed by atoms with Crippen LogP contribution in [0.4, 0.5) is 5.82 Å². The summed E-state index contributed by atoms with van der Waals surface area (Å²) < 4.78 is 21.9. The lowest BCUT2D eigenvalue weighted by Gasteiger charge is -2.18. The van der Waals surface area contributed by atoms with Crippen LogP contribution in [0.15, 0.2) is 54.6 Å². The molecule has 0 aliphatic rings. The number of para-hydroxylation sites is 1. The largest absolute Gasteiger partial charge is 0.494 e. The zero-order valence-corrected chi connectivity index (χ0v) is 22.5. The first-order valence-electron chi connectivity index (χ1n) is 11.8. The highest BCUT2D eigenvalue weighted by molar-refractivity contribution is 7.96. The Kier molecular flexibility index (Phi) is 8.54. The molecule has 0 saturated carbocycles. The molecule has 0 aliphatic carbocycles. The molecule has 0 atom stereocenters. The molecule has 4 aromatic rings. The first kappa shape index (κ1) is 26.6. The van der Waals surface area contributed by atoms with Gasteiger partial charge in [-0.25, -0.2) is 19.9 Å². The molecule has 0 amide bonds. The second kappa shape index (κ2) is 12.2. The number of hydrogen-bond acceptors (Lipinski definition) is 11. The second-order valence-corrected chi connectivity index (χ2v) is 8.80. The molecule has 198 valence electrons. The van der Waals surface area contributed by atoms with Gasteiger partial charge in [0.25, 0.3) is 0 Å². The number of nitrogens with zero attached hydrogens (tertiary/aromatic N) is 5. The summed E-state index contributed by atoms with van der Waals surface area (Å²) in [6, 6.07) is 10.9. The first-order chi connectivity index (χ1) is 18.4. The zero-order valence-electron chi connectivity index (χ0n) is 21.6. The van der Waals surface area contributed by atoms with Gasteiger partial charge in [-0.3, -0.25) is 4.57 Å². The molecule has 0 saturated heterocycles. The average Bonchev–Trinajstić information content (AvgIpc) is 3.24. The molecule has 1 aromatic carbocycles. The fourth-order valence-electron chi connectivity index (χ4n) is 3.66. The lowest BCUT2D eigenvalue weighted by molar-refractivity contribution is 0.327. The van der Waals surface area contributed by atoms with Crippen LogP contribution in [0.3, 0.4) is 0 Å². The van der Waals surface area contributed by atoms with E-state index in [-0.39, 0.29) is 5.82 Å². The van der Waals surface area contributed by atoms with Crippen LogP contribution in [0.5, 0.6) is 17.4 Å². The van der Waals surface area contributed by atoms with E-state index in [9.17, 15) is 0 Å². The number of nitrogens with one attached hydrogen (secondary N) is 1. The van der Waals surface area contributed by atoms with Gasteiger partial charge in [0.1, 0.15) is 34.5 Å². The van der Waals surface area contributed by atoms with E-state index in [0.717, 1.165) is 5.56 Å².